The maximum Gasteiger partial charge on any atom is 0.328 e. The summed E-state index contributed by atoms with van der Waals surface area (Å²) < 4.78 is 1.72. The molecule has 0 amide bonds. The van der Waals surface area contributed by atoms with Gasteiger partial charge in [0.05, 0.1) is 16.9 Å². The fraction of sp³-hybridized carbons (Fsp3) is 0. The maximum absolute atomic E-state index is 10.4. The summed E-state index contributed by atoms with van der Waals surface area (Å²) in [6.07, 6.45) is 5.87. The van der Waals surface area contributed by atoms with Crippen molar-refractivity contribution >= 4 is 29.3 Å². The number of hydrogen-bond donors (Lipinski definition) is 1. The molecule has 0 spiro atoms. The van der Waals surface area contributed by atoms with E-state index in [0.717, 1.165) is 6.08 Å². The molecular weight excluding hydrogens is 216 g/mol. The van der Waals surface area contributed by atoms with Gasteiger partial charge in [0, 0.05) is 12.3 Å². The van der Waals surface area contributed by atoms with Crippen LogP contribution in [0.5, 0.6) is 0 Å². The number of carboxylic acids is 1. The van der Waals surface area contributed by atoms with E-state index >= 15 is 0 Å². The van der Waals surface area contributed by atoms with Crippen molar-refractivity contribution in [2.75, 3.05) is 0 Å². The van der Waals surface area contributed by atoms with Crippen LogP contribution in [0, 0.1) is 0 Å². The number of fused-ring (bicyclic) bond motifs is 1. The van der Waals surface area contributed by atoms with Gasteiger partial charge in [-0.25, -0.2) is 9.78 Å². The monoisotopic (exact) mass is 222 g/mol. The highest BCUT2D eigenvalue weighted by molar-refractivity contribution is 6.33. The lowest BCUT2D eigenvalue weighted by Crippen LogP contribution is -1.89. The Morgan fingerprint density at radius 1 is 1.60 bits per heavy atom. The van der Waals surface area contributed by atoms with Gasteiger partial charge in [-0.3, -0.25) is 4.40 Å². The SMILES string of the molecule is O=C(O)/C=C/c1cnc2c(Cl)cccn12. The minimum atomic E-state index is -0.994. The highest BCUT2D eigenvalue weighted by Crippen LogP contribution is 2.17. The Balaban J connectivity index is 2.54. The average Bonchev–Trinajstić information content (AvgIpc) is 2.59. The highest BCUT2D eigenvalue weighted by atomic mass is 35.5. The van der Waals surface area contributed by atoms with Crippen LogP contribution in [0.1, 0.15) is 5.69 Å². The molecular formula is C10H7ClN2O2. The fourth-order valence-electron chi connectivity index (χ4n) is 1.28. The summed E-state index contributed by atoms with van der Waals surface area (Å²) in [7, 11) is 0. The van der Waals surface area contributed by atoms with E-state index in [1.54, 1.807) is 28.9 Å². The van der Waals surface area contributed by atoms with Crippen LogP contribution in [0.3, 0.4) is 0 Å². The highest BCUT2D eigenvalue weighted by Gasteiger charge is 2.03. The number of carboxylic acid groups (broad SMARTS) is 1. The van der Waals surface area contributed by atoms with Gasteiger partial charge in [0.25, 0.3) is 0 Å². The maximum atomic E-state index is 10.4. The van der Waals surface area contributed by atoms with E-state index in [2.05, 4.69) is 4.98 Å². The van der Waals surface area contributed by atoms with Crippen LogP contribution in [0.2, 0.25) is 5.02 Å². The molecule has 1 N–H and O–H groups in total. The Morgan fingerprint density at radius 2 is 2.40 bits per heavy atom. The standard InChI is InChI=1S/C10H7ClN2O2/c11-8-2-1-5-13-7(3-4-9(14)15)6-12-10(8)13/h1-6H,(H,14,15)/b4-3+. The number of imidazole rings is 1. The summed E-state index contributed by atoms with van der Waals surface area (Å²) >= 11 is 5.91. The quantitative estimate of drug-likeness (QED) is 0.792. The van der Waals surface area contributed by atoms with Crippen molar-refractivity contribution in [2.45, 2.75) is 0 Å². The fourth-order valence-corrected chi connectivity index (χ4v) is 1.49. The lowest BCUT2D eigenvalue weighted by molar-refractivity contribution is -0.131. The summed E-state index contributed by atoms with van der Waals surface area (Å²) in [6.45, 7) is 0. The third kappa shape index (κ3) is 1.85. The molecule has 0 bridgehead atoms. The van der Waals surface area contributed by atoms with E-state index in [1.807, 2.05) is 0 Å². The topological polar surface area (TPSA) is 54.6 Å². The Morgan fingerprint density at radius 3 is 3.13 bits per heavy atom. The Kier molecular flexibility index (Phi) is 2.43. The first-order valence-corrected chi connectivity index (χ1v) is 4.59. The molecule has 5 heteroatoms. The van der Waals surface area contributed by atoms with Crippen LogP contribution in [0.15, 0.2) is 30.6 Å². The van der Waals surface area contributed by atoms with Crippen LogP contribution in [0.4, 0.5) is 0 Å². The number of nitrogens with zero attached hydrogens (tertiary/aromatic N) is 2. The smallest absolute Gasteiger partial charge is 0.328 e. The van der Waals surface area contributed by atoms with Crippen molar-refractivity contribution in [3.63, 3.8) is 0 Å². The zero-order chi connectivity index (χ0) is 10.8. The summed E-state index contributed by atoms with van der Waals surface area (Å²) in [5.74, 6) is -0.994. The molecule has 2 rings (SSSR count). The summed E-state index contributed by atoms with van der Waals surface area (Å²) in [4.78, 5) is 14.4. The van der Waals surface area contributed by atoms with Crippen LogP contribution in [-0.2, 0) is 4.79 Å². The third-order valence-corrected chi connectivity index (χ3v) is 2.21. The second-order valence-corrected chi connectivity index (χ2v) is 3.31. The molecule has 0 saturated heterocycles. The van der Waals surface area contributed by atoms with E-state index < -0.39 is 5.97 Å². The molecule has 0 aromatic carbocycles. The molecule has 0 aliphatic heterocycles. The molecule has 0 aliphatic rings. The van der Waals surface area contributed by atoms with Crippen LogP contribution in [0.25, 0.3) is 11.7 Å². The largest absolute Gasteiger partial charge is 0.478 e. The number of pyridine rings is 1. The molecule has 0 aliphatic carbocycles. The second kappa shape index (κ2) is 3.74. The minimum Gasteiger partial charge on any atom is -0.478 e. The van der Waals surface area contributed by atoms with Crippen molar-refractivity contribution in [3.8, 4) is 0 Å². The van der Waals surface area contributed by atoms with Crippen LogP contribution >= 0.6 is 11.6 Å². The van der Waals surface area contributed by atoms with E-state index in [0.29, 0.717) is 16.4 Å². The number of hydrogen-bond acceptors (Lipinski definition) is 2. The lowest BCUT2D eigenvalue weighted by atomic mass is 10.4. The number of aromatic nitrogens is 2. The number of rotatable bonds is 2. The zero-order valence-corrected chi connectivity index (χ0v) is 8.35. The molecule has 0 saturated carbocycles. The Labute approximate surface area is 90.4 Å². The molecule has 76 valence electrons. The Bertz CT molecular complexity index is 545. The van der Waals surface area contributed by atoms with Gasteiger partial charge >= 0.3 is 5.97 Å². The third-order valence-electron chi connectivity index (χ3n) is 1.91. The predicted molar refractivity (Wildman–Crippen MR) is 56.9 cm³/mol. The van der Waals surface area contributed by atoms with E-state index in [9.17, 15) is 4.79 Å². The van der Waals surface area contributed by atoms with Crippen molar-refractivity contribution in [2.24, 2.45) is 0 Å². The number of carbonyl (C=O) groups is 1. The van der Waals surface area contributed by atoms with E-state index in [4.69, 9.17) is 16.7 Å². The summed E-state index contributed by atoms with van der Waals surface area (Å²) in [5.41, 5.74) is 1.29. The molecule has 2 heterocycles. The van der Waals surface area contributed by atoms with E-state index in [-0.39, 0.29) is 0 Å². The molecule has 15 heavy (non-hydrogen) atoms. The van der Waals surface area contributed by atoms with Crippen molar-refractivity contribution in [1.29, 1.82) is 0 Å². The minimum absolute atomic E-state index is 0.535. The zero-order valence-electron chi connectivity index (χ0n) is 7.59. The molecule has 2 aromatic heterocycles. The van der Waals surface area contributed by atoms with Crippen molar-refractivity contribution < 1.29 is 9.90 Å². The summed E-state index contributed by atoms with van der Waals surface area (Å²) in [5, 5.41) is 9.03. The number of aliphatic carboxylic acids is 1. The van der Waals surface area contributed by atoms with Crippen LogP contribution < -0.4 is 0 Å². The lowest BCUT2D eigenvalue weighted by Gasteiger charge is -1.96. The van der Waals surface area contributed by atoms with Crippen molar-refractivity contribution in [1.82, 2.24) is 9.38 Å². The first kappa shape index (κ1) is 9.73. The predicted octanol–water partition coefficient (Wildman–Crippen LogP) is 2.09. The molecule has 2 aromatic rings. The van der Waals surface area contributed by atoms with Gasteiger partial charge in [0.2, 0.25) is 0 Å². The molecule has 4 nitrogen and oxygen atoms in total. The van der Waals surface area contributed by atoms with Crippen LogP contribution in [-0.4, -0.2) is 20.5 Å². The van der Waals surface area contributed by atoms with Gasteiger partial charge in [0.15, 0.2) is 5.65 Å². The first-order chi connectivity index (χ1) is 7.18. The van der Waals surface area contributed by atoms with Gasteiger partial charge in [-0.1, -0.05) is 11.6 Å². The molecule has 0 unspecified atom stereocenters. The molecule has 0 atom stereocenters. The number of halogens is 1. The Hall–Kier alpha value is -1.81. The van der Waals surface area contributed by atoms with Gasteiger partial charge in [-0.2, -0.15) is 0 Å². The normalized spacial score (nSPS) is 11.3. The van der Waals surface area contributed by atoms with Crippen molar-refractivity contribution in [3.05, 3.63) is 41.3 Å². The average molecular weight is 223 g/mol. The summed E-state index contributed by atoms with van der Waals surface area (Å²) in [6, 6.07) is 3.50. The van der Waals surface area contributed by atoms with Gasteiger partial charge in [-0.15, -0.1) is 0 Å². The first-order valence-electron chi connectivity index (χ1n) is 4.21. The second-order valence-electron chi connectivity index (χ2n) is 2.90. The molecule has 0 fully saturated rings. The molecule has 0 radical (unpaired) electrons. The van der Waals surface area contributed by atoms with Gasteiger partial charge in [-0.05, 0) is 18.2 Å². The van der Waals surface area contributed by atoms with E-state index in [1.165, 1.54) is 6.08 Å². The van der Waals surface area contributed by atoms with Gasteiger partial charge in [0.1, 0.15) is 0 Å². The van der Waals surface area contributed by atoms with Gasteiger partial charge < -0.3 is 5.11 Å².